The van der Waals surface area contributed by atoms with Gasteiger partial charge in [0, 0.05) is 21.8 Å². The number of nitrogens with zero attached hydrogens (tertiary/aromatic N) is 2. The largest absolute Gasteiger partial charge is 0.497 e. The van der Waals surface area contributed by atoms with E-state index in [4.69, 9.17) is 41.8 Å². The van der Waals surface area contributed by atoms with Crippen LogP contribution in [0.1, 0.15) is 11.5 Å². The zero-order chi connectivity index (χ0) is 34.8. The first kappa shape index (κ1) is 35.6. The van der Waals surface area contributed by atoms with Crippen molar-refractivity contribution in [3.8, 4) is 17.2 Å². The smallest absolute Gasteiger partial charge is 0.313 e. The number of hydrazone groups is 1. The van der Waals surface area contributed by atoms with Gasteiger partial charge in [-0.05, 0) is 66.7 Å². The number of hydrogen-bond acceptors (Lipinski definition) is 10. The number of halogens is 2. The van der Waals surface area contributed by atoms with Gasteiger partial charge < -0.3 is 29.3 Å². The lowest BCUT2D eigenvalue weighted by Gasteiger charge is -2.24. The van der Waals surface area contributed by atoms with Crippen LogP contribution in [0.2, 0.25) is 10.0 Å². The molecule has 4 rings (SSSR count). The lowest BCUT2D eigenvalue weighted by atomic mass is 10.3. The average molecular weight is 719 g/mol. The summed E-state index contributed by atoms with van der Waals surface area (Å²) in [7, 11) is -0.0275. The molecular weight excluding hydrogens is 689 g/mol. The first-order valence-corrected chi connectivity index (χ1v) is 16.0. The predicted octanol–water partition coefficient (Wildman–Crippen LogP) is 4.21. The van der Waals surface area contributed by atoms with E-state index >= 15 is 0 Å². The third-order valence-electron chi connectivity index (χ3n) is 6.40. The Balaban J connectivity index is 1.39. The third kappa shape index (κ3) is 9.18. The van der Waals surface area contributed by atoms with Crippen LogP contribution in [0, 0.1) is 0 Å². The molecule has 3 N–H and O–H groups in total. The molecule has 17 heteroatoms. The highest BCUT2D eigenvalue weighted by Crippen LogP contribution is 2.32. The van der Waals surface area contributed by atoms with Crippen molar-refractivity contribution < 1.29 is 41.4 Å². The number of rotatable bonds is 13. The van der Waals surface area contributed by atoms with Crippen LogP contribution in [0.3, 0.4) is 0 Å². The summed E-state index contributed by atoms with van der Waals surface area (Å²) in [5.41, 5.74) is 2.71. The number of furan rings is 1. The van der Waals surface area contributed by atoms with E-state index in [0.29, 0.717) is 11.5 Å². The molecule has 3 amide bonds. The van der Waals surface area contributed by atoms with E-state index in [1.807, 2.05) is 0 Å². The molecule has 0 saturated carbocycles. The Morgan fingerprint density at radius 3 is 2.19 bits per heavy atom. The monoisotopic (exact) mass is 717 g/mol. The predicted molar refractivity (Wildman–Crippen MR) is 178 cm³/mol. The summed E-state index contributed by atoms with van der Waals surface area (Å²) in [5.74, 6) is -1.17. The van der Waals surface area contributed by atoms with E-state index in [1.165, 1.54) is 88.2 Å². The van der Waals surface area contributed by atoms with Gasteiger partial charge in [0.15, 0.2) is 11.5 Å². The molecule has 0 bridgehead atoms. The SMILES string of the molecule is COc1ccc(N(CC(=O)N/N=C\c2ccc(CNC(=O)C(=O)Nc3cc(Cl)cc(Cl)c3)o2)S(=O)(=O)c2ccc(OC)c(OC)c2)cc1. The number of methoxy groups -OCH3 is 3. The van der Waals surface area contributed by atoms with Crippen LogP contribution in [0.25, 0.3) is 0 Å². The maximum Gasteiger partial charge on any atom is 0.313 e. The van der Waals surface area contributed by atoms with Crippen molar-refractivity contribution in [2.75, 3.05) is 37.5 Å². The lowest BCUT2D eigenvalue weighted by molar-refractivity contribution is -0.136. The Morgan fingerprint density at radius 2 is 1.54 bits per heavy atom. The maximum atomic E-state index is 13.8. The molecule has 0 aliphatic rings. The molecule has 0 unspecified atom stereocenters. The van der Waals surface area contributed by atoms with Crippen LogP contribution in [0.4, 0.5) is 11.4 Å². The molecule has 0 aliphatic heterocycles. The summed E-state index contributed by atoms with van der Waals surface area (Å²) >= 11 is 11.8. The molecule has 1 aromatic heterocycles. The number of anilines is 2. The van der Waals surface area contributed by atoms with Crippen LogP contribution < -0.4 is 34.6 Å². The summed E-state index contributed by atoms with van der Waals surface area (Å²) in [6.45, 7) is -0.771. The Labute approximate surface area is 285 Å². The second-order valence-corrected chi connectivity index (χ2v) is 12.4. The lowest BCUT2D eigenvalue weighted by Crippen LogP contribution is -2.39. The van der Waals surface area contributed by atoms with Crippen molar-refractivity contribution in [3.05, 3.63) is 94.4 Å². The molecule has 0 atom stereocenters. The van der Waals surface area contributed by atoms with Gasteiger partial charge in [0.1, 0.15) is 23.8 Å². The number of sulfonamides is 1. The number of amides is 3. The molecule has 0 fully saturated rings. The van der Waals surface area contributed by atoms with Crippen molar-refractivity contribution in [2.24, 2.45) is 5.10 Å². The van der Waals surface area contributed by atoms with E-state index in [-0.39, 0.29) is 50.1 Å². The summed E-state index contributed by atoms with van der Waals surface area (Å²) < 4.78 is 49.6. The van der Waals surface area contributed by atoms with Crippen molar-refractivity contribution >= 4 is 68.5 Å². The summed E-state index contributed by atoms with van der Waals surface area (Å²) in [5, 5.41) is 9.22. The van der Waals surface area contributed by atoms with Crippen LogP contribution in [-0.2, 0) is 31.0 Å². The molecule has 1 heterocycles. The zero-order valence-electron chi connectivity index (χ0n) is 25.7. The van der Waals surface area contributed by atoms with E-state index < -0.39 is 34.3 Å². The molecular formula is C31H29Cl2N5O9S. The number of nitrogens with one attached hydrogen (secondary N) is 3. The number of carbonyl (C=O) groups is 3. The second kappa shape index (κ2) is 16.0. The van der Waals surface area contributed by atoms with Crippen molar-refractivity contribution in [1.82, 2.24) is 10.7 Å². The van der Waals surface area contributed by atoms with Crippen molar-refractivity contribution in [3.63, 3.8) is 0 Å². The van der Waals surface area contributed by atoms with E-state index in [2.05, 4.69) is 21.2 Å². The van der Waals surface area contributed by atoms with Gasteiger partial charge in [0.2, 0.25) is 0 Å². The fourth-order valence-electron chi connectivity index (χ4n) is 4.12. The third-order valence-corrected chi connectivity index (χ3v) is 8.61. The zero-order valence-corrected chi connectivity index (χ0v) is 28.0. The Morgan fingerprint density at radius 1 is 0.854 bits per heavy atom. The van der Waals surface area contributed by atoms with Gasteiger partial charge in [0.05, 0.1) is 44.7 Å². The minimum Gasteiger partial charge on any atom is -0.497 e. The number of ether oxygens (including phenoxy) is 3. The van der Waals surface area contributed by atoms with Gasteiger partial charge >= 0.3 is 11.8 Å². The van der Waals surface area contributed by atoms with Gasteiger partial charge in [-0.3, -0.25) is 18.7 Å². The molecule has 252 valence electrons. The van der Waals surface area contributed by atoms with Crippen LogP contribution in [-0.4, -0.2) is 60.2 Å². The van der Waals surface area contributed by atoms with Gasteiger partial charge in [-0.1, -0.05) is 23.2 Å². The first-order valence-electron chi connectivity index (χ1n) is 13.8. The fourth-order valence-corrected chi connectivity index (χ4v) is 6.08. The number of hydrogen-bond donors (Lipinski definition) is 3. The quantitative estimate of drug-likeness (QED) is 0.104. The van der Waals surface area contributed by atoms with Crippen LogP contribution in [0.5, 0.6) is 17.2 Å². The van der Waals surface area contributed by atoms with Crippen LogP contribution >= 0.6 is 23.2 Å². The summed E-state index contributed by atoms with van der Waals surface area (Å²) in [6.07, 6.45) is 1.18. The van der Waals surface area contributed by atoms with E-state index in [9.17, 15) is 22.8 Å². The standard InChI is InChI=1S/C31H29Cl2N5O9S/c1-44-23-6-4-22(5-7-23)38(48(42,43)26-10-11-27(45-2)28(15-26)46-3)18-29(39)37-35-17-25-9-8-24(47-25)16-34-30(40)31(41)36-21-13-19(32)12-20(33)14-21/h4-15,17H,16,18H2,1-3H3,(H,34,40)(H,36,41)(H,37,39)/b35-17-. The Bertz CT molecular complexity index is 1910. The van der Waals surface area contributed by atoms with Crippen molar-refractivity contribution in [2.45, 2.75) is 11.4 Å². The molecule has 0 spiro atoms. The highest BCUT2D eigenvalue weighted by atomic mass is 35.5. The molecule has 0 aliphatic carbocycles. The van der Waals surface area contributed by atoms with Gasteiger partial charge in [0.25, 0.3) is 15.9 Å². The number of benzene rings is 3. The van der Waals surface area contributed by atoms with E-state index in [0.717, 1.165) is 4.31 Å². The summed E-state index contributed by atoms with van der Waals surface area (Å²) in [6, 6.07) is 17.6. The molecule has 14 nitrogen and oxygen atoms in total. The van der Waals surface area contributed by atoms with Gasteiger partial charge in [-0.25, -0.2) is 13.8 Å². The van der Waals surface area contributed by atoms with E-state index in [1.54, 1.807) is 12.1 Å². The van der Waals surface area contributed by atoms with Crippen LogP contribution in [0.15, 0.2) is 87.2 Å². The molecule has 3 aromatic carbocycles. The summed E-state index contributed by atoms with van der Waals surface area (Å²) in [4.78, 5) is 37.2. The molecule has 0 radical (unpaired) electrons. The normalized spacial score (nSPS) is 11.1. The molecule has 0 saturated heterocycles. The van der Waals surface area contributed by atoms with Crippen molar-refractivity contribution in [1.29, 1.82) is 0 Å². The average Bonchev–Trinajstić information content (AvgIpc) is 3.52. The van der Waals surface area contributed by atoms with Gasteiger partial charge in [-0.15, -0.1) is 0 Å². The van der Waals surface area contributed by atoms with Gasteiger partial charge in [-0.2, -0.15) is 5.10 Å². The first-order chi connectivity index (χ1) is 22.9. The Kier molecular flexibility index (Phi) is 11.9. The number of carbonyl (C=O) groups excluding carboxylic acids is 3. The fraction of sp³-hybridized carbons (Fsp3) is 0.161. The second-order valence-electron chi connectivity index (χ2n) is 9.62. The molecule has 48 heavy (non-hydrogen) atoms. The topological polar surface area (TPSA) is 178 Å². The minimum atomic E-state index is -4.29. The maximum absolute atomic E-state index is 13.8. The highest BCUT2D eigenvalue weighted by Gasteiger charge is 2.28. The minimum absolute atomic E-state index is 0.131. The highest BCUT2D eigenvalue weighted by molar-refractivity contribution is 7.92. The Hall–Kier alpha value is -5.25. The molecule has 4 aromatic rings.